The van der Waals surface area contributed by atoms with Gasteiger partial charge in [-0.05, 0) is 24.6 Å². The Morgan fingerprint density at radius 3 is 2.03 bits per heavy atom. The number of benzene rings is 3. The van der Waals surface area contributed by atoms with Gasteiger partial charge in [-0.3, -0.25) is 4.79 Å². The number of carbonyl (C=O) groups excluding carboxylic acids is 2. The van der Waals surface area contributed by atoms with E-state index in [2.05, 4.69) is 0 Å². The maximum absolute atomic E-state index is 13.4. The quantitative estimate of drug-likeness (QED) is 0.579. The van der Waals surface area contributed by atoms with Gasteiger partial charge < -0.3 is 4.74 Å². The SMILES string of the molecule is Cc1ccc(S(=O)(=O)N2C(=O)O[C@@H](C(=O)c3ccccc3)[C@@H]2c2ccccc2)cc1. The van der Waals surface area contributed by atoms with E-state index in [-0.39, 0.29) is 4.90 Å². The molecule has 0 saturated carbocycles. The molecule has 0 N–H and O–H groups in total. The monoisotopic (exact) mass is 421 g/mol. The maximum atomic E-state index is 13.4. The number of ketones is 1. The predicted octanol–water partition coefficient (Wildman–Crippen LogP) is 4.13. The standard InChI is InChI=1S/C23H19NO5S/c1-16-12-14-19(15-13-16)30(27,28)24-20(17-8-4-2-5-9-17)22(29-23(24)26)21(25)18-10-6-3-7-11-18/h2-15,20,22H,1H3/t20-,22+/m0/s1. The Labute approximate surface area is 174 Å². The van der Waals surface area contributed by atoms with Gasteiger partial charge in [0.1, 0.15) is 6.04 Å². The maximum Gasteiger partial charge on any atom is 0.425 e. The highest BCUT2D eigenvalue weighted by Crippen LogP contribution is 2.39. The summed E-state index contributed by atoms with van der Waals surface area (Å²) in [6.45, 7) is 1.84. The van der Waals surface area contributed by atoms with Crippen LogP contribution in [0, 0.1) is 6.92 Å². The fourth-order valence-electron chi connectivity index (χ4n) is 3.46. The molecular weight excluding hydrogens is 402 g/mol. The fourth-order valence-corrected chi connectivity index (χ4v) is 4.93. The summed E-state index contributed by atoms with van der Waals surface area (Å²) in [7, 11) is -4.24. The molecule has 1 fully saturated rings. The topological polar surface area (TPSA) is 80.8 Å². The van der Waals surface area contributed by atoms with Crippen LogP contribution in [0.4, 0.5) is 4.79 Å². The highest BCUT2D eigenvalue weighted by Gasteiger charge is 2.52. The van der Waals surface area contributed by atoms with Gasteiger partial charge in [0, 0.05) is 5.56 Å². The Hall–Kier alpha value is -3.45. The van der Waals surface area contributed by atoms with Gasteiger partial charge in [-0.2, -0.15) is 4.31 Å². The molecule has 6 nitrogen and oxygen atoms in total. The molecule has 0 radical (unpaired) electrons. The number of amides is 1. The van der Waals surface area contributed by atoms with Crippen LogP contribution < -0.4 is 0 Å². The number of Topliss-reactive ketones (excluding diaryl/α,β-unsaturated/α-hetero) is 1. The molecule has 2 atom stereocenters. The lowest BCUT2D eigenvalue weighted by Crippen LogP contribution is -2.37. The number of aryl methyl sites for hydroxylation is 1. The highest BCUT2D eigenvalue weighted by molar-refractivity contribution is 7.89. The summed E-state index contributed by atoms with van der Waals surface area (Å²) in [6, 6.07) is 22.0. The molecule has 1 aliphatic rings. The van der Waals surface area contributed by atoms with Gasteiger partial charge in [-0.1, -0.05) is 78.4 Å². The van der Waals surface area contributed by atoms with Crippen LogP contribution >= 0.6 is 0 Å². The van der Waals surface area contributed by atoms with Gasteiger partial charge in [0.15, 0.2) is 6.10 Å². The van der Waals surface area contributed by atoms with E-state index in [9.17, 15) is 18.0 Å². The van der Waals surface area contributed by atoms with Crippen molar-refractivity contribution in [1.82, 2.24) is 4.31 Å². The molecule has 3 aromatic rings. The van der Waals surface area contributed by atoms with Crippen LogP contribution in [0.5, 0.6) is 0 Å². The van der Waals surface area contributed by atoms with E-state index < -0.39 is 34.0 Å². The van der Waals surface area contributed by atoms with Crippen molar-refractivity contribution in [3.8, 4) is 0 Å². The largest absolute Gasteiger partial charge is 0.434 e. The third kappa shape index (κ3) is 3.48. The molecule has 0 aliphatic carbocycles. The Morgan fingerprint density at radius 1 is 0.867 bits per heavy atom. The summed E-state index contributed by atoms with van der Waals surface area (Å²) in [6.07, 6.45) is -2.36. The molecule has 0 spiro atoms. The summed E-state index contributed by atoms with van der Waals surface area (Å²) < 4.78 is 32.7. The third-order valence-corrected chi connectivity index (χ3v) is 6.74. The van der Waals surface area contributed by atoms with Crippen LogP contribution in [0.15, 0.2) is 89.8 Å². The normalized spacial score (nSPS) is 18.8. The minimum Gasteiger partial charge on any atom is -0.434 e. The smallest absolute Gasteiger partial charge is 0.425 e. The first-order valence-electron chi connectivity index (χ1n) is 9.35. The number of cyclic esters (lactones) is 1. The van der Waals surface area contributed by atoms with E-state index in [0.717, 1.165) is 5.56 Å². The summed E-state index contributed by atoms with van der Waals surface area (Å²) in [4.78, 5) is 25.9. The molecular formula is C23H19NO5S. The molecule has 3 aromatic carbocycles. The van der Waals surface area contributed by atoms with Crippen molar-refractivity contribution in [2.75, 3.05) is 0 Å². The second-order valence-corrected chi connectivity index (χ2v) is 8.82. The third-order valence-electron chi connectivity index (χ3n) is 4.98. The molecule has 30 heavy (non-hydrogen) atoms. The second-order valence-electron chi connectivity index (χ2n) is 7.00. The Balaban J connectivity index is 1.82. The minimum absolute atomic E-state index is 0.0428. The Kier molecular flexibility index (Phi) is 5.13. The number of hydrogen-bond acceptors (Lipinski definition) is 5. The van der Waals surface area contributed by atoms with Crippen molar-refractivity contribution in [3.05, 3.63) is 102 Å². The van der Waals surface area contributed by atoms with Crippen LogP contribution in [0.2, 0.25) is 0 Å². The number of nitrogens with zero attached hydrogens (tertiary/aromatic N) is 1. The summed E-state index contributed by atoms with van der Waals surface area (Å²) >= 11 is 0. The van der Waals surface area contributed by atoms with E-state index in [1.54, 1.807) is 72.8 Å². The van der Waals surface area contributed by atoms with E-state index in [4.69, 9.17) is 4.74 Å². The van der Waals surface area contributed by atoms with Gasteiger partial charge in [0.25, 0.3) is 10.0 Å². The predicted molar refractivity (Wildman–Crippen MR) is 110 cm³/mol. The van der Waals surface area contributed by atoms with E-state index in [0.29, 0.717) is 15.4 Å². The van der Waals surface area contributed by atoms with Crippen molar-refractivity contribution in [2.45, 2.75) is 24.0 Å². The van der Waals surface area contributed by atoms with Crippen molar-refractivity contribution in [2.24, 2.45) is 0 Å². The first-order valence-corrected chi connectivity index (χ1v) is 10.8. The molecule has 1 aliphatic heterocycles. The average Bonchev–Trinajstić information content (AvgIpc) is 3.12. The van der Waals surface area contributed by atoms with Gasteiger partial charge in [0.2, 0.25) is 5.78 Å². The van der Waals surface area contributed by atoms with E-state index in [1.165, 1.54) is 12.1 Å². The molecule has 152 valence electrons. The van der Waals surface area contributed by atoms with Crippen molar-refractivity contribution in [3.63, 3.8) is 0 Å². The zero-order valence-electron chi connectivity index (χ0n) is 16.1. The first-order chi connectivity index (χ1) is 14.4. The van der Waals surface area contributed by atoms with Crippen molar-refractivity contribution < 1.29 is 22.7 Å². The number of hydrogen-bond donors (Lipinski definition) is 0. The molecule has 7 heteroatoms. The lowest BCUT2D eigenvalue weighted by Gasteiger charge is -2.24. The fraction of sp³-hybridized carbons (Fsp3) is 0.130. The van der Waals surface area contributed by atoms with Crippen LogP contribution in [0.25, 0.3) is 0 Å². The lowest BCUT2D eigenvalue weighted by atomic mass is 9.96. The highest BCUT2D eigenvalue weighted by atomic mass is 32.2. The lowest BCUT2D eigenvalue weighted by molar-refractivity contribution is 0.0721. The number of rotatable bonds is 5. The molecule has 1 heterocycles. The summed E-state index contributed by atoms with van der Waals surface area (Å²) in [5.41, 5.74) is 1.72. The zero-order valence-corrected chi connectivity index (χ0v) is 17.0. The van der Waals surface area contributed by atoms with Crippen LogP contribution in [0.3, 0.4) is 0 Å². The van der Waals surface area contributed by atoms with Gasteiger partial charge in [-0.25, -0.2) is 13.2 Å². The van der Waals surface area contributed by atoms with Crippen molar-refractivity contribution >= 4 is 21.9 Å². The molecule has 1 amide bonds. The molecule has 0 unspecified atom stereocenters. The van der Waals surface area contributed by atoms with E-state index >= 15 is 0 Å². The Bertz CT molecular complexity index is 1180. The van der Waals surface area contributed by atoms with Crippen LogP contribution in [-0.2, 0) is 14.8 Å². The summed E-state index contributed by atoms with van der Waals surface area (Å²) in [5.74, 6) is -0.459. The average molecular weight is 421 g/mol. The Morgan fingerprint density at radius 2 is 1.43 bits per heavy atom. The van der Waals surface area contributed by atoms with Crippen LogP contribution in [0.1, 0.15) is 27.5 Å². The molecule has 4 rings (SSSR count). The van der Waals surface area contributed by atoms with Gasteiger partial charge >= 0.3 is 6.09 Å². The summed E-state index contributed by atoms with van der Waals surface area (Å²) in [5, 5.41) is 0. The number of carbonyl (C=O) groups is 2. The van der Waals surface area contributed by atoms with Crippen LogP contribution in [-0.4, -0.2) is 30.7 Å². The molecule has 0 aromatic heterocycles. The number of ether oxygens (including phenoxy) is 1. The second kappa shape index (κ2) is 7.76. The van der Waals surface area contributed by atoms with Gasteiger partial charge in [-0.15, -0.1) is 0 Å². The number of sulfonamides is 1. The molecule has 1 saturated heterocycles. The molecule has 0 bridgehead atoms. The van der Waals surface area contributed by atoms with Gasteiger partial charge in [0.05, 0.1) is 4.90 Å². The van der Waals surface area contributed by atoms with Crippen molar-refractivity contribution in [1.29, 1.82) is 0 Å². The minimum atomic E-state index is -4.24. The first kappa shape index (κ1) is 19.8. The van der Waals surface area contributed by atoms with E-state index in [1.807, 2.05) is 6.92 Å². The zero-order chi connectivity index (χ0) is 21.3.